The molecule has 0 spiro atoms. The van der Waals surface area contributed by atoms with Gasteiger partial charge >= 0.3 is 5.91 Å². The number of aliphatic hydroxyl groups is 1. The Morgan fingerprint density at radius 1 is 0.956 bits per heavy atom. The second-order valence-electron chi connectivity index (χ2n) is 9.86. The summed E-state index contributed by atoms with van der Waals surface area (Å²) >= 11 is 8.64. The van der Waals surface area contributed by atoms with E-state index >= 15 is 0 Å². The van der Waals surface area contributed by atoms with E-state index in [2.05, 4.69) is 15.2 Å². The number of hydrogen-bond acceptors (Lipinski definition) is 10. The summed E-state index contributed by atoms with van der Waals surface area (Å²) < 4.78 is 12.3. The number of ether oxygens (including phenoxy) is 2. The number of amides is 1. The maximum atomic E-state index is 13.6. The summed E-state index contributed by atoms with van der Waals surface area (Å²) in [6.45, 7) is 0.318. The second-order valence-corrected chi connectivity index (χ2v) is 12.5. The maximum absolute atomic E-state index is 13.6. The van der Waals surface area contributed by atoms with E-state index in [1.54, 1.807) is 30.3 Å². The number of halogens is 1. The molecule has 0 radical (unpaired) electrons. The number of thioether (sulfide) groups is 1. The number of carbonyl (C=O) groups is 2. The molecule has 2 aromatic heterocycles. The van der Waals surface area contributed by atoms with E-state index in [0.717, 1.165) is 11.1 Å². The van der Waals surface area contributed by atoms with Crippen molar-refractivity contribution < 1.29 is 24.2 Å². The first-order valence-corrected chi connectivity index (χ1v) is 15.9. The van der Waals surface area contributed by atoms with Gasteiger partial charge in [0.25, 0.3) is 5.78 Å². The zero-order chi connectivity index (χ0) is 31.3. The van der Waals surface area contributed by atoms with Crippen molar-refractivity contribution in [1.29, 1.82) is 0 Å². The molecule has 12 heteroatoms. The minimum Gasteiger partial charge on any atom is -0.507 e. The zero-order valence-corrected chi connectivity index (χ0v) is 26.2. The Bertz CT molecular complexity index is 1870. The normalized spacial score (nSPS) is 15.8. The number of carbonyl (C=O) groups excluding carboxylic acids is 2. The number of ketones is 1. The third-order valence-corrected chi connectivity index (χ3v) is 9.40. The fourth-order valence-corrected chi connectivity index (χ4v) is 6.75. The predicted octanol–water partition coefficient (Wildman–Crippen LogP) is 7.09. The van der Waals surface area contributed by atoms with Crippen LogP contribution in [-0.2, 0) is 21.9 Å². The number of Topliss-reactive ketones (excluding diaryl/α,β-unsaturated/α-hetero) is 1. The highest BCUT2D eigenvalue weighted by molar-refractivity contribution is 8.00. The number of rotatable bonds is 10. The minimum absolute atomic E-state index is 0.0863. The third-order valence-electron chi connectivity index (χ3n) is 7.02. The molecule has 1 unspecified atom stereocenters. The van der Waals surface area contributed by atoms with Gasteiger partial charge in [-0.2, -0.15) is 0 Å². The first-order valence-electron chi connectivity index (χ1n) is 13.7. The van der Waals surface area contributed by atoms with Crippen LogP contribution in [0.15, 0.2) is 107 Å². The van der Waals surface area contributed by atoms with Crippen molar-refractivity contribution in [1.82, 2.24) is 15.2 Å². The Morgan fingerprint density at radius 2 is 1.71 bits per heavy atom. The number of pyridine rings is 1. The molecule has 1 aliphatic heterocycles. The molecule has 1 saturated heterocycles. The molecular weight excluding hydrogens is 632 g/mol. The van der Waals surface area contributed by atoms with Crippen LogP contribution in [0.2, 0.25) is 5.02 Å². The van der Waals surface area contributed by atoms with Gasteiger partial charge in [-0.3, -0.25) is 19.5 Å². The zero-order valence-electron chi connectivity index (χ0n) is 23.8. The Balaban J connectivity index is 1.36. The van der Waals surface area contributed by atoms with Crippen molar-refractivity contribution >= 4 is 57.3 Å². The van der Waals surface area contributed by atoms with Crippen LogP contribution in [0.3, 0.4) is 0 Å². The van der Waals surface area contributed by atoms with E-state index in [-0.39, 0.29) is 16.5 Å². The van der Waals surface area contributed by atoms with Gasteiger partial charge in [0.05, 0.1) is 18.7 Å². The molecule has 3 aromatic carbocycles. The molecule has 3 heterocycles. The highest BCUT2D eigenvalue weighted by atomic mass is 35.5. The average molecular weight is 657 g/mol. The Kier molecular flexibility index (Phi) is 9.11. The summed E-state index contributed by atoms with van der Waals surface area (Å²) in [5.41, 5.74) is 2.80. The molecule has 226 valence electrons. The van der Waals surface area contributed by atoms with Crippen molar-refractivity contribution in [3.05, 3.63) is 130 Å². The lowest BCUT2D eigenvalue weighted by Gasteiger charge is -2.23. The van der Waals surface area contributed by atoms with Crippen LogP contribution in [0.1, 0.15) is 28.3 Å². The van der Waals surface area contributed by atoms with E-state index in [1.807, 2.05) is 54.6 Å². The molecule has 1 aliphatic rings. The summed E-state index contributed by atoms with van der Waals surface area (Å²) in [5.74, 6) is -0.513. The standard InChI is InChI=1S/C33H25ClN4O5S2/c1-42-26-17-23(9-12-25(26)43-18-20-5-3-2-4-6-20)28-27(29(39)22-13-15-35-16-14-22)30(40)31(41)38(28)32-36-37-33(45-32)44-19-21-7-10-24(34)11-8-21/h2-17,28,39H,18-19H2,1H3/b29-27+. The fraction of sp³-hybridized carbons (Fsp3) is 0.121. The minimum atomic E-state index is -1.02. The van der Waals surface area contributed by atoms with Crippen LogP contribution >= 0.6 is 34.7 Å². The highest BCUT2D eigenvalue weighted by Crippen LogP contribution is 2.45. The number of hydrogen-bond donors (Lipinski definition) is 1. The molecule has 1 fully saturated rings. The summed E-state index contributed by atoms with van der Waals surface area (Å²) in [6, 6.07) is 24.5. The van der Waals surface area contributed by atoms with E-state index in [9.17, 15) is 14.7 Å². The van der Waals surface area contributed by atoms with Crippen molar-refractivity contribution in [2.45, 2.75) is 22.7 Å². The lowest BCUT2D eigenvalue weighted by atomic mass is 9.95. The molecule has 1 N–H and O–H groups in total. The van der Waals surface area contributed by atoms with Crippen molar-refractivity contribution in [3.63, 3.8) is 0 Å². The van der Waals surface area contributed by atoms with Gasteiger partial charge in [0.2, 0.25) is 5.13 Å². The average Bonchev–Trinajstić information content (AvgIpc) is 3.65. The lowest BCUT2D eigenvalue weighted by molar-refractivity contribution is -0.132. The Hall–Kier alpha value is -4.71. The number of nitrogens with zero attached hydrogens (tertiary/aromatic N) is 4. The summed E-state index contributed by atoms with van der Waals surface area (Å²) in [4.78, 5) is 32.5. The van der Waals surface area contributed by atoms with Gasteiger partial charge in [-0.25, -0.2) is 0 Å². The highest BCUT2D eigenvalue weighted by Gasteiger charge is 2.48. The van der Waals surface area contributed by atoms with Crippen LogP contribution in [0, 0.1) is 0 Å². The summed E-state index contributed by atoms with van der Waals surface area (Å²) in [5, 5.41) is 20.8. The largest absolute Gasteiger partial charge is 0.507 e. The van der Waals surface area contributed by atoms with Crippen LogP contribution in [0.4, 0.5) is 5.13 Å². The summed E-state index contributed by atoms with van der Waals surface area (Å²) in [7, 11) is 1.51. The van der Waals surface area contributed by atoms with Crippen LogP contribution in [-0.4, -0.2) is 39.1 Å². The van der Waals surface area contributed by atoms with Gasteiger partial charge in [-0.05, 0) is 53.1 Å². The molecule has 0 aliphatic carbocycles. The van der Waals surface area contributed by atoms with Crippen LogP contribution in [0.25, 0.3) is 5.76 Å². The van der Waals surface area contributed by atoms with E-state index < -0.39 is 17.7 Å². The number of aliphatic hydroxyl groups excluding tert-OH is 1. The van der Waals surface area contributed by atoms with E-state index in [1.165, 1.54) is 47.5 Å². The van der Waals surface area contributed by atoms with Gasteiger partial charge in [0.1, 0.15) is 12.4 Å². The predicted molar refractivity (Wildman–Crippen MR) is 174 cm³/mol. The van der Waals surface area contributed by atoms with Gasteiger partial charge in [0, 0.05) is 28.7 Å². The molecule has 9 nitrogen and oxygen atoms in total. The van der Waals surface area contributed by atoms with E-state index in [4.69, 9.17) is 21.1 Å². The number of aromatic nitrogens is 3. The van der Waals surface area contributed by atoms with Crippen molar-refractivity contribution in [3.8, 4) is 11.5 Å². The lowest BCUT2D eigenvalue weighted by Crippen LogP contribution is -2.29. The molecule has 1 amide bonds. The van der Waals surface area contributed by atoms with Crippen LogP contribution in [0.5, 0.6) is 11.5 Å². The molecule has 1 atom stereocenters. The monoisotopic (exact) mass is 656 g/mol. The van der Waals surface area contributed by atoms with Crippen LogP contribution < -0.4 is 14.4 Å². The van der Waals surface area contributed by atoms with Crippen molar-refractivity contribution in [2.75, 3.05) is 12.0 Å². The van der Waals surface area contributed by atoms with Gasteiger partial charge in [-0.15, -0.1) is 10.2 Å². The fourth-order valence-electron chi connectivity index (χ4n) is 4.80. The molecule has 0 bridgehead atoms. The molecule has 0 saturated carbocycles. The Labute approximate surface area is 272 Å². The molecular formula is C33H25ClN4O5S2. The Morgan fingerprint density at radius 3 is 2.44 bits per heavy atom. The summed E-state index contributed by atoms with van der Waals surface area (Å²) in [6.07, 6.45) is 2.99. The molecule has 6 rings (SSSR count). The first kappa shape index (κ1) is 30.3. The van der Waals surface area contributed by atoms with Gasteiger partial charge in [-0.1, -0.05) is 83.2 Å². The SMILES string of the molecule is COc1cc(C2/C(=C(\O)c3ccncc3)C(=O)C(=O)N2c2nnc(SCc3ccc(Cl)cc3)s2)ccc1OCc1ccccc1. The van der Waals surface area contributed by atoms with Crippen molar-refractivity contribution in [2.24, 2.45) is 0 Å². The molecule has 5 aromatic rings. The number of methoxy groups -OCH3 is 1. The molecule has 45 heavy (non-hydrogen) atoms. The van der Waals surface area contributed by atoms with Gasteiger partial charge in [0.15, 0.2) is 15.8 Å². The third kappa shape index (κ3) is 6.56. The smallest absolute Gasteiger partial charge is 0.301 e. The second kappa shape index (κ2) is 13.5. The number of benzene rings is 3. The van der Waals surface area contributed by atoms with Gasteiger partial charge < -0.3 is 14.6 Å². The number of anilines is 1. The quantitative estimate of drug-likeness (QED) is 0.0553. The first-order chi connectivity index (χ1) is 21.9. The maximum Gasteiger partial charge on any atom is 0.301 e. The van der Waals surface area contributed by atoms with E-state index in [0.29, 0.717) is 44.3 Å². The topological polar surface area (TPSA) is 115 Å².